The standard InChI is InChI=1S/C21H27ClN2O3/c1-14-12-24(13-15(2)27-14)21(26)17-9-7-16(8-10-17)11-23-20(25)18-5-3-4-6-19(18)22/h7-10,14-15H,3-6,11-13H2,1-2H3,(H,23,25)/t14-,15-/m0/s1. The van der Waals surface area contributed by atoms with Crippen LogP contribution in [0.5, 0.6) is 0 Å². The van der Waals surface area contributed by atoms with Crippen LogP contribution in [0.3, 0.4) is 0 Å². The third-order valence-electron chi connectivity index (χ3n) is 5.04. The Hall–Kier alpha value is -1.85. The van der Waals surface area contributed by atoms with Gasteiger partial charge in [0, 0.05) is 35.8 Å². The first-order valence-electron chi connectivity index (χ1n) is 9.63. The molecule has 0 unspecified atom stereocenters. The molecule has 6 heteroatoms. The highest BCUT2D eigenvalue weighted by Crippen LogP contribution is 2.27. The Morgan fingerprint density at radius 1 is 1.11 bits per heavy atom. The van der Waals surface area contributed by atoms with Crippen LogP contribution in [0.2, 0.25) is 0 Å². The monoisotopic (exact) mass is 390 g/mol. The smallest absolute Gasteiger partial charge is 0.254 e. The Kier molecular flexibility index (Phi) is 6.55. The molecule has 1 aliphatic carbocycles. The van der Waals surface area contributed by atoms with Gasteiger partial charge in [0.2, 0.25) is 5.91 Å². The summed E-state index contributed by atoms with van der Waals surface area (Å²) in [4.78, 5) is 26.8. The third kappa shape index (κ3) is 5.11. The van der Waals surface area contributed by atoms with Crippen molar-refractivity contribution in [3.63, 3.8) is 0 Å². The summed E-state index contributed by atoms with van der Waals surface area (Å²) in [6.45, 7) is 5.60. The summed E-state index contributed by atoms with van der Waals surface area (Å²) in [6, 6.07) is 7.41. The van der Waals surface area contributed by atoms with Crippen LogP contribution in [0.15, 0.2) is 34.9 Å². The molecule has 5 nitrogen and oxygen atoms in total. The van der Waals surface area contributed by atoms with Gasteiger partial charge < -0.3 is 15.0 Å². The number of morpholine rings is 1. The van der Waals surface area contributed by atoms with Crippen LogP contribution in [0.1, 0.15) is 55.5 Å². The fourth-order valence-corrected chi connectivity index (χ4v) is 4.00. The lowest BCUT2D eigenvalue weighted by atomic mass is 9.98. The predicted molar refractivity (Wildman–Crippen MR) is 106 cm³/mol. The quantitative estimate of drug-likeness (QED) is 0.854. The molecule has 2 amide bonds. The molecule has 146 valence electrons. The Morgan fingerprint density at radius 3 is 2.37 bits per heavy atom. The molecule has 0 spiro atoms. The van der Waals surface area contributed by atoms with E-state index in [4.69, 9.17) is 16.3 Å². The summed E-state index contributed by atoms with van der Waals surface area (Å²) in [5.74, 6) is -0.0668. The number of hydrogen-bond acceptors (Lipinski definition) is 3. The summed E-state index contributed by atoms with van der Waals surface area (Å²) >= 11 is 6.18. The van der Waals surface area contributed by atoms with Gasteiger partial charge in [-0.05, 0) is 57.2 Å². The largest absolute Gasteiger partial charge is 0.372 e. The fourth-order valence-electron chi connectivity index (χ4n) is 3.69. The molecule has 27 heavy (non-hydrogen) atoms. The van der Waals surface area contributed by atoms with Gasteiger partial charge in [-0.15, -0.1) is 0 Å². The predicted octanol–water partition coefficient (Wildman–Crippen LogP) is 3.62. The number of allylic oxidation sites excluding steroid dienone is 1. The highest BCUT2D eigenvalue weighted by molar-refractivity contribution is 6.32. The first-order valence-corrected chi connectivity index (χ1v) is 10.0. The molecule has 3 rings (SSSR count). The van der Waals surface area contributed by atoms with E-state index in [1.165, 1.54) is 0 Å². The molecule has 1 N–H and O–H groups in total. The number of rotatable bonds is 4. The molecule has 1 fully saturated rings. The first-order chi connectivity index (χ1) is 12.9. The number of nitrogens with zero attached hydrogens (tertiary/aromatic N) is 1. The maximum absolute atomic E-state index is 12.7. The van der Waals surface area contributed by atoms with Crippen molar-refractivity contribution in [2.45, 2.75) is 58.3 Å². The minimum atomic E-state index is -0.0869. The van der Waals surface area contributed by atoms with Crippen LogP contribution >= 0.6 is 11.6 Å². The number of ether oxygens (including phenoxy) is 1. The number of halogens is 1. The van der Waals surface area contributed by atoms with Gasteiger partial charge >= 0.3 is 0 Å². The van der Waals surface area contributed by atoms with Crippen LogP contribution in [0.4, 0.5) is 0 Å². The fraction of sp³-hybridized carbons (Fsp3) is 0.524. The van der Waals surface area contributed by atoms with E-state index in [0.29, 0.717) is 35.8 Å². The van der Waals surface area contributed by atoms with Crippen molar-refractivity contribution >= 4 is 23.4 Å². The maximum atomic E-state index is 12.7. The lowest BCUT2D eigenvalue weighted by Gasteiger charge is -2.35. The number of carbonyl (C=O) groups is 2. The average molecular weight is 391 g/mol. The van der Waals surface area contributed by atoms with Gasteiger partial charge in [-0.2, -0.15) is 0 Å². The zero-order valence-corrected chi connectivity index (χ0v) is 16.7. The Bertz CT molecular complexity index is 719. The van der Waals surface area contributed by atoms with Crippen molar-refractivity contribution in [1.82, 2.24) is 10.2 Å². The minimum absolute atomic E-state index is 0.0201. The molecule has 0 bridgehead atoms. The molecule has 1 aromatic rings. The molecule has 0 aromatic heterocycles. The molecule has 1 aliphatic heterocycles. The zero-order valence-electron chi connectivity index (χ0n) is 16.0. The van der Waals surface area contributed by atoms with E-state index >= 15 is 0 Å². The summed E-state index contributed by atoms with van der Waals surface area (Å²) < 4.78 is 5.69. The van der Waals surface area contributed by atoms with Crippen molar-refractivity contribution < 1.29 is 14.3 Å². The molecule has 1 heterocycles. The van der Waals surface area contributed by atoms with Gasteiger partial charge in [0.25, 0.3) is 5.91 Å². The van der Waals surface area contributed by atoms with Gasteiger partial charge in [-0.25, -0.2) is 0 Å². The molecule has 2 atom stereocenters. The van der Waals surface area contributed by atoms with Crippen LogP contribution in [-0.4, -0.2) is 42.0 Å². The molecule has 1 saturated heterocycles. The zero-order chi connectivity index (χ0) is 19.4. The van der Waals surface area contributed by atoms with E-state index in [0.717, 1.165) is 31.2 Å². The van der Waals surface area contributed by atoms with E-state index in [9.17, 15) is 9.59 Å². The van der Waals surface area contributed by atoms with Gasteiger partial charge in [0.05, 0.1) is 12.2 Å². The highest BCUT2D eigenvalue weighted by Gasteiger charge is 2.26. The van der Waals surface area contributed by atoms with Crippen LogP contribution < -0.4 is 5.32 Å². The Morgan fingerprint density at radius 2 is 1.74 bits per heavy atom. The van der Waals surface area contributed by atoms with Gasteiger partial charge in [0.1, 0.15) is 0 Å². The topological polar surface area (TPSA) is 58.6 Å². The van der Waals surface area contributed by atoms with E-state index < -0.39 is 0 Å². The lowest BCUT2D eigenvalue weighted by Crippen LogP contribution is -2.48. The molecular formula is C21H27ClN2O3. The van der Waals surface area contributed by atoms with Crippen LogP contribution in [0.25, 0.3) is 0 Å². The molecule has 0 radical (unpaired) electrons. The van der Waals surface area contributed by atoms with Crippen molar-refractivity contribution in [3.8, 4) is 0 Å². The number of amides is 2. The van der Waals surface area contributed by atoms with E-state index in [2.05, 4.69) is 5.32 Å². The molecule has 1 aromatic carbocycles. The summed E-state index contributed by atoms with van der Waals surface area (Å²) in [5, 5.41) is 3.62. The lowest BCUT2D eigenvalue weighted by molar-refractivity contribution is -0.117. The second kappa shape index (κ2) is 8.89. The second-order valence-corrected chi connectivity index (χ2v) is 7.89. The van der Waals surface area contributed by atoms with E-state index in [-0.39, 0.29) is 24.0 Å². The number of benzene rings is 1. The maximum Gasteiger partial charge on any atom is 0.254 e. The van der Waals surface area contributed by atoms with Crippen molar-refractivity contribution in [1.29, 1.82) is 0 Å². The van der Waals surface area contributed by atoms with Gasteiger partial charge in [-0.1, -0.05) is 23.7 Å². The number of hydrogen-bond donors (Lipinski definition) is 1. The van der Waals surface area contributed by atoms with Crippen LogP contribution in [0, 0.1) is 0 Å². The van der Waals surface area contributed by atoms with Gasteiger partial charge in [-0.3, -0.25) is 9.59 Å². The van der Waals surface area contributed by atoms with Crippen LogP contribution in [-0.2, 0) is 16.1 Å². The second-order valence-electron chi connectivity index (χ2n) is 7.44. The average Bonchev–Trinajstić information content (AvgIpc) is 2.65. The Labute approximate surface area is 165 Å². The third-order valence-corrected chi connectivity index (χ3v) is 5.45. The normalized spacial score (nSPS) is 23.3. The molecule has 2 aliphatic rings. The summed E-state index contributed by atoms with van der Waals surface area (Å²) in [5.41, 5.74) is 2.32. The number of nitrogens with one attached hydrogen (secondary N) is 1. The molecule has 0 saturated carbocycles. The first kappa shape index (κ1) is 19.9. The summed E-state index contributed by atoms with van der Waals surface area (Å²) in [6.07, 6.45) is 3.69. The van der Waals surface area contributed by atoms with E-state index in [1.54, 1.807) is 0 Å². The Balaban J connectivity index is 1.57. The highest BCUT2D eigenvalue weighted by atomic mass is 35.5. The van der Waals surface area contributed by atoms with Crippen molar-refractivity contribution in [3.05, 3.63) is 46.0 Å². The van der Waals surface area contributed by atoms with E-state index in [1.807, 2.05) is 43.0 Å². The summed E-state index contributed by atoms with van der Waals surface area (Å²) in [7, 11) is 0. The molecular weight excluding hydrogens is 364 g/mol. The SMILES string of the molecule is C[C@H]1CN(C(=O)c2ccc(CNC(=O)C3=C(Cl)CCCC3)cc2)C[C@H](C)O1. The van der Waals surface area contributed by atoms with Crippen molar-refractivity contribution in [2.75, 3.05) is 13.1 Å². The number of carbonyl (C=O) groups excluding carboxylic acids is 2. The van der Waals surface area contributed by atoms with Gasteiger partial charge in [0.15, 0.2) is 0 Å². The van der Waals surface area contributed by atoms with Crippen molar-refractivity contribution in [2.24, 2.45) is 0 Å². The minimum Gasteiger partial charge on any atom is -0.372 e.